The van der Waals surface area contributed by atoms with Crippen molar-refractivity contribution in [2.24, 2.45) is 0 Å². The first-order valence-corrected chi connectivity index (χ1v) is 12.2. The summed E-state index contributed by atoms with van der Waals surface area (Å²) in [6, 6.07) is 8.25. The van der Waals surface area contributed by atoms with E-state index >= 15 is 0 Å². The third kappa shape index (κ3) is 5.74. The number of hydrogen-bond donors (Lipinski definition) is 2. The summed E-state index contributed by atoms with van der Waals surface area (Å²) in [7, 11) is 4.05. The fourth-order valence-electron chi connectivity index (χ4n) is 3.83. The maximum absolute atomic E-state index is 12.5. The minimum absolute atomic E-state index is 0.141. The van der Waals surface area contributed by atoms with Gasteiger partial charge in [-0.05, 0) is 49.3 Å². The van der Waals surface area contributed by atoms with Crippen molar-refractivity contribution >= 4 is 45.9 Å². The first kappa shape index (κ1) is 22.9. The van der Waals surface area contributed by atoms with E-state index in [1.807, 2.05) is 36.6 Å². The Morgan fingerprint density at radius 2 is 1.84 bits per heavy atom. The van der Waals surface area contributed by atoms with Gasteiger partial charge in [0, 0.05) is 62.9 Å². The summed E-state index contributed by atoms with van der Waals surface area (Å²) in [6.07, 6.45) is 1.94. The second-order valence-electron chi connectivity index (χ2n) is 8.24. The first-order chi connectivity index (χ1) is 15.5. The van der Waals surface area contributed by atoms with E-state index in [1.165, 1.54) is 0 Å². The monoisotopic (exact) mass is 474 g/mol. The first-order valence-electron chi connectivity index (χ1n) is 10.9. The Kier molecular flexibility index (Phi) is 7.56. The fraction of sp³-hybridized carbons (Fsp3) is 0.500. The molecule has 0 spiro atoms. The average molecular weight is 475 g/mol. The Morgan fingerprint density at radius 1 is 1.16 bits per heavy atom. The number of nitrogens with zero attached hydrogens (tertiary/aromatic N) is 4. The standard InChI is InChI=1S/C22H30N6O2S2/c1-26(2)18-5-3-17(4-6-18)23-22(31)27-9-7-16(8-10-27)21-24-19(15-32-21)20(29)25-28-11-13-30-14-12-28/h3-6,15-16H,7-14H2,1-2H3,(H,23,31)(H,25,29). The highest BCUT2D eigenvalue weighted by Gasteiger charge is 2.25. The average Bonchev–Trinajstić information content (AvgIpc) is 3.31. The molecule has 4 rings (SSSR count). The summed E-state index contributed by atoms with van der Waals surface area (Å²) in [4.78, 5) is 21.4. The van der Waals surface area contributed by atoms with Crippen LogP contribution in [0.3, 0.4) is 0 Å². The molecule has 2 N–H and O–H groups in total. The molecule has 1 amide bonds. The van der Waals surface area contributed by atoms with Crippen LogP contribution in [-0.2, 0) is 4.74 Å². The highest BCUT2D eigenvalue weighted by atomic mass is 32.1. The van der Waals surface area contributed by atoms with Crippen LogP contribution in [-0.4, -0.2) is 79.4 Å². The largest absolute Gasteiger partial charge is 0.379 e. The second kappa shape index (κ2) is 10.6. The molecule has 2 fully saturated rings. The molecule has 0 aliphatic carbocycles. The zero-order valence-electron chi connectivity index (χ0n) is 18.5. The highest BCUT2D eigenvalue weighted by molar-refractivity contribution is 7.80. The van der Waals surface area contributed by atoms with Gasteiger partial charge in [-0.3, -0.25) is 10.2 Å². The van der Waals surface area contributed by atoms with Crippen molar-refractivity contribution < 1.29 is 9.53 Å². The second-order valence-corrected chi connectivity index (χ2v) is 9.52. The molecule has 3 heterocycles. The van der Waals surface area contributed by atoms with E-state index in [1.54, 1.807) is 11.3 Å². The molecular weight excluding hydrogens is 444 g/mol. The molecule has 2 aromatic rings. The highest BCUT2D eigenvalue weighted by Crippen LogP contribution is 2.30. The molecule has 0 atom stereocenters. The number of piperidine rings is 1. The lowest BCUT2D eigenvalue weighted by atomic mass is 9.98. The van der Waals surface area contributed by atoms with Gasteiger partial charge < -0.3 is 19.9 Å². The quantitative estimate of drug-likeness (QED) is 0.641. The number of benzene rings is 1. The number of carbonyl (C=O) groups excluding carboxylic acids is 1. The predicted octanol–water partition coefficient (Wildman–Crippen LogP) is 2.76. The van der Waals surface area contributed by atoms with Crippen LogP contribution in [0.15, 0.2) is 29.6 Å². The molecule has 8 nitrogen and oxygen atoms in total. The van der Waals surface area contributed by atoms with Crippen LogP contribution in [0.25, 0.3) is 0 Å². The van der Waals surface area contributed by atoms with E-state index in [4.69, 9.17) is 17.0 Å². The minimum Gasteiger partial charge on any atom is -0.379 e. The van der Waals surface area contributed by atoms with Gasteiger partial charge in [0.2, 0.25) is 0 Å². The number of nitrogens with one attached hydrogen (secondary N) is 2. The number of hydrogen-bond acceptors (Lipinski definition) is 7. The molecule has 2 aliphatic heterocycles. The Balaban J connectivity index is 1.26. The maximum Gasteiger partial charge on any atom is 0.285 e. The molecule has 2 aliphatic rings. The Bertz CT molecular complexity index is 919. The van der Waals surface area contributed by atoms with Gasteiger partial charge >= 0.3 is 0 Å². The van der Waals surface area contributed by atoms with E-state index in [2.05, 4.69) is 37.7 Å². The van der Waals surface area contributed by atoms with Crippen molar-refractivity contribution in [1.29, 1.82) is 0 Å². The van der Waals surface area contributed by atoms with Crippen molar-refractivity contribution in [3.8, 4) is 0 Å². The number of anilines is 2. The number of hydrazine groups is 1. The maximum atomic E-state index is 12.5. The number of amides is 1. The van der Waals surface area contributed by atoms with Crippen LogP contribution in [0.4, 0.5) is 11.4 Å². The molecule has 1 aromatic heterocycles. The number of rotatable bonds is 5. The molecule has 32 heavy (non-hydrogen) atoms. The molecule has 2 saturated heterocycles. The van der Waals surface area contributed by atoms with Gasteiger partial charge in [0.25, 0.3) is 5.91 Å². The van der Waals surface area contributed by atoms with Crippen LogP contribution in [0.5, 0.6) is 0 Å². The molecule has 172 valence electrons. The van der Waals surface area contributed by atoms with Crippen molar-refractivity contribution in [3.63, 3.8) is 0 Å². The minimum atomic E-state index is -0.141. The summed E-state index contributed by atoms with van der Waals surface area (Å²) in [5, 5.41) is 8.90. The molecule has 0 saturated carbocycles. The summed E-state index contributed by atoms with van der Waals surface area (Å²) >= 11 is 7.21. The van der Waals surface area contributed by atoms with Gasteiger partial charge in [-0.15, -0.1) is 11.3 Å². The van der Waals surface area contributed by atoms with Gasteiger partial charge in [0.15, 0.2) is 5.11 Å². The van der Waals surface area contributed by atoms with Crippen molar-refractivity contribution in [2.45, 2.75) is 18.8 Å². The van der Waals surface area contributed by atoms with Gasteiger partial charge in [-0.25, -0.2) is 9.99 Å². The molecule has 0 unspecified atom stereocenters. The van der Waals surface area contributed by atoms with Crippen LogP contribution in [0.1, 0.15) is 34.3 Å². The Morgan fingerprint density at radius 3 is 2.50 bits per heavy atom. The number of carbonyl (C=O) groups is 1. The number of thiazole rings is 1. The van der Waals surface area contributed by atoms with Crippen LogP contribution >= 0.6 is 23.6 Å². The number of aromatic nitrogens is 1. The van der Waals surface area contributed by atoms with Crippen molar-refractivity contribution in [2.75, 3.05) is 63.7 Å². The van der Waals surface area contributed by atoms with Crippen LogP contribution < -0.4 is 15.6 Å². The number of thiocarbonyl (C=S) groups is 1. The van der Waals surface area contributed by atoms with Gasteiger partial charge in [-0.1, -0.05) is 0 Å². The van der Waals surface area contributed by atoms with Crippen molar-refractivity contribution in [1.82, 2.24) is 20.3 Å². The normalized spacial score (nSPS) is 17.8. The zero-order chi connectivity index (χ0) is 22.5. The number of ether oxygens (including phenoxy) is 1. The smallest absolute Gasteiger partial charge is 0.285 e. The van der Waals surface area contributed by atoms with E-state index in [9.17, 15) is 4.79 Å². The van der Waals surface area contributed by atoms with Gasteiger partial charge in [0.1, 0.15) is 5.69 Å². The van der Waals surface area contributed by atoms with Gasteiger partial charge in [0.05, 0.1) is 18.2 Å². The summed E-state index contributed by atoms with van der Waals surface area (Å²) in [5.41, 5.74) is 5.58. The van der Waals surface area contributed by atoms with E-state index in [-0.39, 0.29) is 5.91 Å². The molecule has 10 heteroatoms. The van der Waals surface area contributed by atoms with Crippen LogP contribution in [0.2, 0.25) is 0 Å². The number of morpholine rings is 1. The third-order valence-corrected chi connectivity index (χ3v) is 7.16. The Labute approximate surface area is 198 Å². The molecule has 1 aromatic carbocycles. The summed E-state index contributed by atoms with van der Waals surface area (Å²) in [5.74, 6) is 0.223. The van der Waals surface area contributed by atoms with E-state index < -0.39 is 0 Å². The summed E-state index contributed by atoms with van der Waals surface area (Å²) < 4.78 is 5.32. The zero-order valence-corrected chi connectivity index (χ0v) is 20.2. The van der Waals surface area contributed by atoms with Gasteiger partial charge in [-0.2, -0.15) is 0 Å². The van der Waals surface area contributed by atoms with Crippen LogP contribution in [0, 0.1) is 0 Å². The van der Waals surface area contributed by atoms with Crippen molar-refractivity contribution in [3.05, 3.63) is 40.3 Å². The topological polar surface area (TPSA) is 73.0 Å². The third-order valence-electron chi connectivity index (χ3n) is 5.79. The van der Waals surface area contributed by atoms with E-state index in [0.717, 1.165) is 47.4 Å². The van der Waals surface area contributed by atoms with E-state index in [0.29, 0.717) is 37.9 Å². The lowest BCUT2D eigenvalue weighted by Crippen LogP contribution is -2.48. The molecule has 0 radical (unpaired) electrons. The summed E-state index contributed by atoms with van der Waals surface area (Å²) in [6.45, 7) is 4.44. The SMILES string of the molecule is CN(C)c1ccc(NC(=S)N2CCC(c3nc(C(=O)NN4CCOCC4)cs3)CC2)cc1. The predicted molar refractivity (Wildman–Crippen MR) is 133 cm³/mol. The molecular formula is C22H30N6O2S2. The fourth-order valence-corrected chi connectivity index (χ4v) is 5.10. The lowest BCUT2D eigenvalue weighted by Gasteiger charge is -2.33. The lowest BCUT2D eigenvalue weighted by molar-refractivity contribution is 0.0125. The Hall–Kier alpha value is -2.27. The number of likely N-dealkylation sites (tertiary alicyclic amines) is 1. The molecule has 0 bridgehead atoms.